The number of hydrogen-bond acceptors (Lipinski definition) is 4. The fourth-order valence-electron chi connectivity index (χ4n) is 0.625. The van der Waals surface area contributed by atoms with Gasteiger partial charge in [-0.3, -0.25) is 0 Å². The van der Waals surface area contributed by atoms with Crippen molar-refractivity contribution in [3.63, 3.8) is 0 Å². The molecule has 2 atom stereocenters. The summed E-state index contributed by atoms with van der Waals surface area (Å²) in [4.78, 5) is 10.0. The van der Waals surface area contributed by atoms with Gasteiger partial charge in [0.2, 0.25) is 0 Å². The summed E-state index contributed by atoms with van der Waals surface area (Å²) < 4.78 is 0. The predicted octanol–water partition coefficient (Wildman–Crippen LogP) is -1.43. The first-order valence-corrected chi connectivity index (χ1v) is 3.27. The van der Waals surface area contributed by atoms with E-state index in [1.54, 1.807) is 0 Å². The van der Waals surface area contributed by atoms with Crippen LogP contribution in [-0.2, 0) is 4.79 Å². The Hall–Kier alpha value is -0.650. The van der Waals surface area contributed by atoms with E-state index in [0.29, 0.717) is 0 Å². The number of aliphatic hydroxyl groups is 3. The topological polar surface area (TPSA) is 98.0 Å². The van der Waals surface area contributed by atoms with Crippen LogP contribution < -0.4 is 0 Å². The van der Waals surface area contributed by atoms with E-state index in [4.69, 9.17) is 20.4 Å². The second-order valence-electron chi connectivity index (χ2n) is 2.26. The molecule has 0 aromatic heterocycles. The summed E-state index contributed by atoms with van der Waals surface area (Å²) in [5.74, 6) is -1.36. The van der Waals surface area contributed by atoms with Crippen LogP contribution in [0.1, 0.15) is 12.8 Å². The fourth-order valence-corrected chi connectivity index (χ4v) is 0.625. The van der Waals surface area contributed by atoms with Crippen molar-refractivity contribution in [1.29, 1.82) is 0 Å². The molecule has 0 saturated heterocycles. The number of rotatable bonds is 5. The molecule has 5 heteroatoms. The largest absolute Gasteiger partial charge is 0.479 e. The molecule has 0 aromatic carbocycles. The monoisotopic (exact) mass is 164 g/mol. The van der Waals surface area contributed by atoms with Crippen LogP contribution in [0.2, 0.25) is 0 Å². The number of carbonyl (C=O) groups is 1. The Kier molecular flexibility index (Phi) is 4.76. The average Bonchev–Trinajstić information content (AvgIpc) is 1.87. The molecule has 0 aromatic rings. The van der Waals surface area contributed by atoms with E-state index in [0.717, 1.165) is 0 Å². The van der Waals surface area contributed by atoms with Crippen LogP contribution in [0, 0.1) is 0 Å². The molecule has 2 unspecified atom stereocenters. The van der Waals surface area contributed by atoms with E-state index < -0.39 is 18.2 Å². The normalized spacial score (nSPS) is 15.9. The van der Waals surface area contributed by atoms with Gasteiger partial charge in [0, 0.05) is 13.0 Å². The molecule has 0 fully saturated rings. The Morgan fingerprint density at radius 1 is 1.36 bits per heavy atom. The van der Waals surface area contributed by atoms with E-state index in [2.05, 4.69) is 0 Å². The van der Waals surface area contributed by atoms with Gasteiger partial charge in [0.25, 0.3) is 0 Å². The summed E-state index contributed by atoms with van der Waals surface area (Å²) in [6, 6.07) is 0. The van der Waals surface area contributed by atoms with Crippen LogP contribution in [0.4, 0.5) is 0 Å². The van der Waals surface area contributed by atoms with Crippen LogP contribution in [-0.4, -0.2) is 45.2 Å². The summed E-state index contributed by atoms with van der Waals surface area (Å²) in [6.45, 7) is -0.215. The number of carboxylic acid groups (broad SMARTS) is 1. The fraction of sp³-hybridized carbons (Fsp3) is 0.833. The van der Waals surface area contributed by atoms with Crippen molar-refractivity contribution in [2.24, 2.45) is 0 Å². The minimum absolute atomic E-state index is 0.0876. The first kappa shape index (κ1) is 10.3. The van der Waals surface area contributed by atoms with Gasteiger partial charge in [0.05, 0.1) is 6.10 Å². The highest BCUT2D eigenvalue weighted by Crippen LogP contribution is 2.01. The van der Waals surface area contributed by atoms with Crippen molar-refractivity contribution in [3.05, 3.63) is 0 Å². The zero-order chi connectivity index (χ0) is 8.85. The average molecular weight is 164 g/mol. The molecule has 66 valence electrons. The molecule has 0 amide bonds. The third-order valence-electron chi connectivity index (χ3n) is 1.24. The molecular formula is C6H12O5. The molecule has 0 radical (unpaired) electrons. The van der Waals surface area contributed by atoms with E-state index in [9.17, 15) is 4.79 Å². The lowest BCUT2D eigenvalue weighted by molar-refractivity contribution is -0.148. The zero-order valence-electron chi connectivity index (χ0n) is 5.97. The first-order valence-electron chi connectivity index (χ1n) is 3.27. The Morgan fingerprint density at radius 2 is 1.91 bits per heavy atom. The second kappa shape index (κ2) is 5.06. The lowest BCUT2D eigenvalue weighted by Gasteiger charge is -2.10. The van der Waals surface area contributed by atoms with Crippen LogP contribution in [0.15, 0.2) is 0 Å². The Bertz CT molecular complexity index is 124. The molecule has 0 bridgehead atoms. The van der Waals surface area contributed by atoms with Crippen LogP contribution in [0.5, 0.6) is 0 Å². The maximum Gasteiger partial charge on any atom is 0.332 e. The highest BCUT2D eigenvalue weighted by molar-refractivity contribution is 5.71. The number of hydrogen-bond donors (Lipinski definition) is 4. The van der Waals surface area contributed by atoms with Gasteiger partial charge in [0.1, 0.15) is 0 Å². The van der Waals surface area contributed by atoms with Crippen LogP contribution >= 0.6 is 0 Å². The van der Waals surface area contributed by atoms with Gasteiger partial charge in [-0.05, 0) is 6.42 Å². The number of carboxylic acids is 1. The summed E-state index contributed by atoms with van der Waals surface area (Å²) in [5, 5.41) is 34.0. The predicted molar refractivity (Wildman–Crippen MR) is 36.0 cm³/mol. The molecule has 0 saturated carbocycles. The van der Waals surface area contributed by atoms with Crippen molar-refractivity contribution in [2.45, 2.75) is 25.0 Å². The molecule has 0 aliphatic carbocycles. The zero-order valence-corrected chi connectivity index (χ0v) is 5.97. The molecule has 0 heterocycles. The van der Waals surface area contributed by atoms with Crippen molar-refractivity contribution in [2.75, 3.05) is 6.61 Å². The second-order valence-corrected chi connectivity index (χ2v) is 2.26. The van der Waals surface area contributed by atoms with E-state index in [-0.39, 0.29) is 19.4 Å². The van der Waals surface area contributed by atoms with Gasteiger partial charge < -0.3 is 20.4 Å². The van der Waals surface area contributed by atoms with Crippen molar-refractivity contribution < 1.29 is 25.2 Å². The molecule has 11 heavy (non-hydrogen) atoms. The molecular weight excluding hydrogens is 152 g/mol. The van der Waals surface area contributed by atoms with E-state index in [1.165, 1.54) is 0 Å². The Morgan fingerprint density at radius 3 is 2.27 bits per heavy atom. The molecule has 5 nitrogen and oxygen atoms in total. The third kappa shape index (κ3) is 4.72. The van der Waals surface area contributed by atoms with Crippen molar-refractivity contribution >= 4 is 5.97 Å². The molecule has 0 aliphatic heterocycles. The maximum atomic E-state index is 10.0. The standard InChI is InChI=1S/C6H12O5/c7-2-1-4(8)3-5(9)6(10)11/h4-5,7-9H,1-3H2,(H,10,11). The molecule has 0 spiro atoms. The summed E-state index contributed by atoms with van der Waals surface area (Å²) in [5.41, 5.74) is 0. The third-order valence-corrected chi connectivity index (χ3v) is 1.24. The lowest BCUT2D eigenvalue weighted by Crippen LogP contribution is -2.25. The lowest BCUT2D eigenvalue weighted by atomic mass is 10.1. The van der Waals surface area contributed by atoms with Crippen LogP contribution in [0.3, 0.4) is 0 Å². The SMILES string of the molecule is O=C(O)C(O)CC(O)CCO. The Labute approximate surface area is 63.9 Å². The smallest absolute Gasteiger partial charge is 0.332 e. The van der Waals surface area contributed by atoms with E-state index in [1.807, 2.05) is 0 Å². The maximum absolute atomic E-state index is 10.0. The van der Waals surface area contributed by atoms with Gasteiger partial charge in [0.15, 0.2) is 6.10 Å². The molecule has 0 rings (SSSR count). The summed E-state index contributed by atoms with van der Waals surface area (Å²) in [7, 11) is 0. The van der Waals surface area contributed by atoms with Crippen molar-refractivity contribution in [3.8, 4) is 0 Å². The highest BCUT2D eigenvalue weighted by atomic mass is 16.4. The summed E-state index contributed by atoms with van der Waals surface area (Å²) in [6.07, 6.45) is -2.65. The van der Waals surface area contributed by atoms with Gasteiger partial charge in [-0.15, -0.1) is 0 Å². The van der Waals surface area contributed by atoms with Gasteiger partial charge in [-0.25, -0.2) is 4.79 Å². The highest BCUT2D eigenvalue weighted by Gasteiger charge is 2.17. The van der Waals surface area contributed by atoms with Gasteiger partial charge in [-0.1, -0.05) is 0 Å². The Balaban J connectivity index is 3.56. The molecule has 4 N–H and O–H groups in total. The number of aliphatic hydroxyl groups excluding tert-OH is 3. The quantitative estimate of drug-likeness (QED) is 0.399. The van der Waals surface area contributed by atoms with Gasteiger partial charge >= 0.3 is 5.97 Å². The van der Waals surface area contributed by atoms with Crippen molar-refractivity contribution in [1.82, 2.24) is 0 Å². The molecule has 0 aliphatic rings. The minimum atomic E-state index is -1.54. The van der Waals surface area contributed by atoms with Crippen LogP contribution in [0.25, 0.3) is 0 Å². The first-order chi connectivity index (χ1) is 5.07. The minimum Gasteiger partial charge on any atom is -0.479 e. The summed E-state index contributed by atoms with van der Waals surface area (Å²) >= 11 is 0. The number of aliphatic carboxylic acids is 1. The van der Waals surface area contributed by atoms with Gasteiger partial charge in [-0.2, -0.15) is 0 Å². The van der Waals surface area contributed by atoms with E-state index >= 15 is 0 Å².